The number of phenolic OH excluding ortho intramolecular Hbond substituents is 1. The fourth-order valence-electron chi connectivity index (χ4n) is 2.51. The van der Waals surface area contributed by atoms with Gasteiger partial charge in [-0.1, -0.05) is 23.2 Å². The molecule has 6 heteroatoms. The van der Waals surface area contributed by atoms with Gasteiger partial charge in [-0.15, -0.1) is 31.4 Å². The minimum Gasteiger partial charge on any atom is -0.506 e. The normalized spacial score (nSPS) is 16.5. The zero-order valence-electron chi connectivity index (χ0n) is 12.1. The molecule has 2 rings (SSSR count). The summed E-state index contributed by atoms with van der Waals surface area (Å²) >= 11 is 6.03. The van der Waals surface area contributed by atoms with Crippen molar-refractivity contribution in [3.63, 3.8) is 0 Å². The Kier molecular flexibility index (Phi) is 9.34. The topological polar surface area (TPSA) is 35.5 Å². The summed E-state index contributed by atoms with van der Waals surface area (Å²) in [7, 11) is 0. The van der Waals surface area contributed by atoms with E-state index >= 15 is 0 Å². The molecule has 0 aliphatic carbocycles. The van der Waals surface area contributed by atoms with Gasteiger partial charge in [0.2, 0.25) is 0 Å². The third-order valence-electron chi connectivity index (χ3n) is 3.49. The fourth-order valence-corrected chi connectivity index (χ4v) is 2.70. The van der Waals surface area contributed by atoms with Crippen molar-refractivity contribution in [2.45, 2.75) is 19.4 Å². The van der Waals surface area contributed by atoms with Crippen LogP contribution in [0.1, 0.15) is 24.9 Å². The van der Waals surface area contributed by atoms with Crippen LogP contribution in [0, 0.1) is 0 Å². The van der Waals surface area contributed by atoms with E-state index in [9.17, 15) is 5.11 Å². The van der Waals surface area contributed by atoms with Gasteiger partial charge in [0.25, 0.3) is 0 Å². The SMILES string of the molecule is C=C(C)C[C@H](c1ccc(O)c(Cl)c1)N1CCNCC1.Cl.Cl. The van der Waals surface area contributed by atoms with E-state index in [0.29, 0.717) is 5.02 Å². The maximum Gasteiger partial charge on any atom is 0.134 e. The number of piperazine rings is 1. The van der Waals surface area contributed by atoms with Crippen LogP contribution in [0.4, 0.5) is 0 Å². The molecule has 1 aliphatic heterocycles. The molecular formula is C15H23Cl3N2O. The van der Waals surface area contributed by atoms with Crippen LogP contribution >= 0.6 is 36.4 Å². The number of hydrogen-bond acceptors (Lipinski definition) is 3. The van der Waals surface area contributed by atoms with Crippen LogP contribution < -0.4 is 5.32 Å². The highest BCUT2D eigenvalue weighted by Gasteiger charge is 2.22. The van der Waals surface area contributed by atoms with Gasteiger partial charge in [0.1, 0.15) is 5.75 Å². The predicted octanol–water partition coefficient (Wildman–Crippen LogP) is 3.80. The van der Waals surface area contributed by atoms with Gasteiger partial charge in [-0.3, -0.25) is 4.90 Å². The molecule has 1 saturated heterocycles. The maximum absolute atomic E-state index is 9.54. The molecular weight excluding hydrogens is 331 g/mol. The quantitative estimate of drug-likeness (QED) is 0.808. The van der Waals surface area contributed by atoms with Crippen molar-refractivity contribution >= 4 is 36.4 Å². The van der Waals surface area contributed by atoms with Crippen molar-refractivity contribution in [2.75, 3.05) is 26.2 Å². The molecule has 1 heterocycles. The molecule has 0 bridgehead atoms. The molecule has 2 N–H and O–H groups in total. The Morgan fingerprint density at radius 2 is 2.00 bits per heavy atom. The van der Waals surface area contributed by atoms with Crippen LogP contribution in [0.25, 0.3) is 0 Å². The van der Waals surface area contributed by atoms with Gasteiger partial charge in [0.15, 0.2) is 0 Å². The summed E-state index contributed by atoms with van der Waals surface area (Å²) in [5.74, 6) is 0.139. The number of benzene rings is 1. The first-order valence-electron chi connectivity index (χ1n) is 6.65. The first kappa shape index (κ1) is 20.6. The number of nitrogens with one attached hydrogen (secondary N) is 1. The fraction of sp³-hybridized carbons (Fsp3) is 0.467. The number of rotatable bonds is 4. The standard InChI is InChI=1S/C15H21ClN2O.2ClH/c1-11(2)9-14(18-7-5-17-6-8-18)12-3-4-15(19)13(16)10-12;;/h3-4,10,14,17,19H,1,5-9H2,2H3;2*1H/t14-;;/m1../s1. The second kappa shape index (κ2) is 9.54. The molecule has 3 nitrogen and oxygen atoms in total. The zero-order chi connectivity index (χ0) is 13.8. The van der Waals surface area contributed by atoms with Crippen LogP contribution in [-0.4, -0.2) is 36.2 Å². The summed E-state index contributed by atoms with van der Waals surface area (Å²) < 4.78 is 0. The van der Waals surface area contributed by atoms with E-state index in [1.165, 1.54) is 0 Å². The van der Waals surface area contributed by atoms with Gasteiger partial charge in [-0.25, -0.2) is 0 Å². The highest BCUT2D eigenvalue weighted by atomic mass is 35.5. The molecule has 0 amide bonds. The lowest BCUT2D eigenvalue weighted by Crippen LogP contribution is -2.45. The predicted molar refractivity (Wildman–Crippen MR) is 94.2 cm³/mol. The summed E-state index contributed by atoms with van der Waals surface area (Å²) in [6.07, 6.45) is 0.918. The number of nitrogens with zero attached hydrogens (tertiary/aromatic N) is 1. The number of hydrogen-bond donors (Lipinski definition) is 2. The molecule has 0 spiro atoms. The molecule has 1 fully saturated rings. The Morgan fingerprint density at radius 1 is 1.38 bits per heavy atom. The third-order valence-corrected chi connectivity index (χ3v) is 3.79. The average molecular weight is 354 g/mol. The Labute approximate surface area is 144 Å². The molecule has 0 unspecified atom stereocenters. The largest absolute Gasteiger partial charge is 0.506 e. The van der Waals surface area contributed by atoms with E-state index in [1.54, 1.807) is 6.07 Å². The van der Waals surface area contributed by atoms with Crippen LogP contribution in [0.15, 0.2) is 30.4 Å². The van der Waals surface area contributed by atoms with Crippen molar-refractivity contribution in [1.82, 2.24) is 10.2 Å². The lowest BCUT2D eigenvalue weighted by molar-refractivity contribution is 0.172. The molecule has 0 saturated carbocycles. The molecule has 1 aromatic rings. The van der Waals surface area contributed by atoms with Crippen molar-refractivity contribution in [3.05, 3.63) is 40.9 Å². The van der Waals surface area contributed by atoms with Crippen LogP contribution in [-0.2, 0) is 0 Å². The smallest absolute Gasteiger partial charge is 0.134 e. The number of halogens is 3. The lowest BCUT2D eigenvalue weighted by atomic mass is 9.98. The summed E-state index contributed by atoms with van der Waals surface area (Å²) in [6, 6.07) is 5.78. The van der Waals surface area contributed by atoms with Gasteiger partial charge < -0.3 is 10.4 Å². The molecule has 0 aromatic heterocycles. The molecule has 1 aromatic carbocycles. The summed E-state index contributed by atoms with van der Waals surface area (Å²) in [5, 5.41) is 13.3. The van der Waals surface area contributed by atoms with Gasteiger partial charge in [0.05, 0.1) is 5.02 Å². The third kappa shape index (κ3) is 5.68. The highest BCUT2D eigenvalue weighted by Crippen LogP contribution is 2.32. The lowest BCUT2D eigenvalue weighted by Gasteiger charge is -2.35. The first-order chi connectivity index (χ1) is 9.08. The van der Waals surface area contributed by atoms with Crippen molar-refractivity contribution in [1.29, 1.82) is 0 Å². The molecule has 1 atom stereocenters. The minimum atomic E-state index is 0. The number of phenols is 1. The summed E-state index contributed by atoms with van der Waals surface area (Å²) in [4.78, 5) is 2.45. The van der Waals surface area contributed by atoms with Crippen molar-refractivity contribution in [3.8, 4) is 5.75 Å². The van der Waals surface area contributed by atoms with Crippen molar-refractivity contribution < 1.29 is 5.11 Å². The zero-order valence-corrected chi connectivity index (χ0v) is 14.5. The summed E-state index contributed by atoms with van der Waals surface area (Å²) in [6.45, 7) is 10.2. The second-order valence-corrected chi connectivity index (χ2v) is 5.58. The second-order valence-electron chi connectivity index (χ2n) is 5.17. The molecule has 0 radical (unpaired) electrons. The average Bonchev–Trinajstić information content (AvgIpc) is 2.40. The van der Waals surface area contributed by atoms with Gasteiger partial charge >= 0.3 is 0 Å². The van der Waals surface area contributed by atoms with E-state index in [0.717, 1.165) is 43.7 Å². The van der Waals surface area contributed by atoms with Gasteiger partial charge in [0, 0.05) is 32.2 Å². The van der Waals surface area contributed by atoms with Crippen LogP contribution in [0.5, 0.6) is 5.75 Å². The van der Waals surface area contributed by atoms with Gasteiger partial charge in [-0.05, 0) is 31.0 Å². The molecule has 21 heavy (non-hydrogen) atoms. The number of aromatic hydroxyl groups is 1. The maximum atomic E-state index is 9.54. The molecule has 1 aliphatic rings. The minimum absolute atomic E-state index is 0. The first-order valence-corrected chi connectivity index (χ1v) is 7.03. The van der Waals surface area contributed by atoms with E-state index in [1.807, 2.05) is 12.1 Å². The Bertz CT molecular complexity index is 462. The van der Waals surface area contributed by atoms with E-state index < -0.39 is 0 Å². The highest BCUT2D eigenvalue weighted by molar-refractivity contribution is 6.32. The molecule has 120 valence electrons. The summed E-state index contributed by atoms with van der Waals surface area (Å²) in [5.41, 5.74) is 2.31. The van der Waals surface area contributed by atoms with E-state index in [-0.39, 0.29) is 36.6 Å². The van der Waals surface area contributed by atoms with Crippen molar-refractivity contribution in [2.24, 2.45) is 0 Å². The Morgan fingerprint density at radius 3 is 2.52 bits per heavy atom. The Hall–Kier alpha value is -0.450. The Balaban J connectivity index is 0.00000200. The van der Waals surface area contributed by atoms with Gasteiger partial charge in [-0.2, -0.15) is 0 Å². The van der Waals surface area contributed by atoms with Crippen LogP contribution in [0.3, 0.4) is 0 Å². The van der Waals surface area contributed by atoms with E-state index in [2.05, 4.69) is 23.7 Å². The monoisotopic (exact) mass is 352 g/mol. The van der Waals surface area contributed by atoms with Crippen LogP contribution in [0.2, 0.25) is 5.02 Å². The van der Waals surface area contributed by atoms with E-state index in [4.69, 9.17) is 11.6 Å².